The molecule has 0 fully saturated rings. The van der Waals surface area contributed by atoms with Gasteiger partial charge < -0.3 is 0 Å². The van der Waals surface area contributed by atoms with Crippen LogP contribution in [0, 0.1) is 18.3 Å². The van der Waals surface area contributed by atoms with Gasteiger partial charge in [0.2, 0.25) is 0 Å². The van der Waals surface area contributed by atoms with Gasteiger partial charge in [-0.3, -0.25) is 4.90 Å². The molecule has 2 aromatic rings. The van der Waals surface area contributed by atoms with Crippen LogP contribution in [0.1, 0.15) is 22.4 Å². The Bertz CT molecular complexity index is 599. The highest BCUT2D eigenvalue weighted by Gasteiger charge is 2.07. The Morgan fingerprint density at radius 2 is 1.79 bits per heavy atom. The second-order valence-electron chi connectivity index (χ2n) is 4.72. The minimum absolute atomic E-state index is 0.513. The number of aromatic nitrogens is 1. The quantitative estimate of drug-likeness (QED) is 0.838. The van der Waals surface area contributed by atoms with Gasteiger partial charge in [-0.05, 0) is 31.2 Å². The Hall–Kier alpha value is -2.18. The number of hydrogen-bond acceptors (Lipinski definition) is 3. The van der Waals surface area contributed by atoms with Gasteiger partial charge in [0.15, 0.2) is 0 Å². The molecule has 0 radical (unpaired) electrons. The Kier molecular flexibility index (Phi) is 4.27. The monoisotopic (exact) mass is 251 g/mol. The first-order chi connectivity index (χ1) is 9.20. The lowest BCUT2D eigenvalue weighted by Gasteiger charge is -2.18. The normalized spacial score (nSPS) is 10.4. The molecule has 3 nitrogen and oxygen atoms in total. The molecule has 19 heavy (non-hydrogen) atoms. The summed E-state index contributed by atoms with van der Waals surface area (Å²) < 4.78 is 0. The zero-order chi connectivity index (χ0) is 13.7. The van der Waals surface area contributed by atoms with E-state index in [1.807, 2.05) is 18.2 Å². The molecule has 0 N–H and O–H groups in total. The van der Waals surface area contributed by atoms with Gasteiger partial charge in [-0.1, -0.05) is 30.3 Å². The van der Waals surface area contributed by atoms with Crippen molar-refractivity contribution in [2.75, 3.05) is 7.05 Å². The van der Waals surface area contributed by atoms with Crippen LogP contribution in [0.25, 0.3) is 0 Å². The molecular weight excluding hydrogens is 234 g/mol. The van der Waals surface area contributed by atoms with E-state index in [1.165, 1.54) is 11.1 Å². The van der Waals surface area contributed by atoms with Gasteiger partial charge in [-0.15, -0.1) is 0 Å². The van der Waals surface area contributed by atoms with Gasteiger partial charge in [0.25, 0.3) is 0 Å². The maximum atomic E-state index is 9.03. The van der Waals surface area contributed by atoms with Gasteiger partial charge in [0.1, 0.15) is 11.8 Å². The van der Waals surface area contributed by atoms with Crippen molar-refractivity contribution in [3.8, 4) is 6.07 Å². The van der Waals surface area contributed by atoms with Crippen molar-refractivity contribution in [2.24, 2.45) is 0 Å². The Morgan fingerprint density at radius 1 is 1.11 bits per heavy atom. The van der Waals surface area contributed by atoms with Crippen LogP contribution >= 0.6 is 0 Å². The molecule has 1 heterocycles. The summed E-state index contributed by atoms with van der Waals surface area (Å²) in [6.45, 7) is 3.71. The van der Waals surface area contributed by atoms with E-state index < -0.39 is 0 Å². The highest BCUT2D eigenvalue weighted by Crippen LogP contribution is 2.13. The number of benzene rings is 1. The van der Waals surface area contributed by atoms with Gasteiger partial charge >= 0.3 is 0 Å². The maximum Gasteiger partial charge on any atom is 0.144 e. The predicted molar refractivity (Wildman–Crippen MR) is 75.3 cm³/mol. The first-order valence-electron chi connectivity index (χ1n) is 6.27. The molecule has 96 valence electrons. The van der Waals surface area contributed by atoms with E-state index in [0.29, 0.717) is 5.69 Å². The summed E-state index contributed by atoms with van der Waals surface area (Å²) >= 11 is 0. The summed E-state index contributed by atoms with van der Waals surface area (Å²) in [5.74, 6) is 0. The SMILES string of the molecule is Cc1ccccc1CN(C)Cc1cccnc1C#N. The molecule has 0 atom stereocenters. The minimum atomic E-state index is 0.513. The third kappa shape index (κ3) is 3.40. The lowest BCUT2D eigenvalue weighted by molar-refractivity contribution is 0.317. The average molecular weight is 251 g/mol. The van der Waals surface area contributed by atoms with Crippen LogP contribution in [0.5, 0.6) is 0 Å². The van der Waals surface area contributed by atoms with E-state index >= 15 is 0 Å². The number of nitrogens with zero attached hydrogens (tertiary/aromatic N) is 3. The topological polar surface area (TPSA) is 39.9 Å². The molecule has 0 bridgehead atoms. The lowest BCUT2D eigenvalue weighted by Crippen LogP contribution is -2.18. The number of aryl methyl sites for hydroxylation is 1. The van der Waals surface area contributed by atoms with Crippen LogP contribution < -0.4 is 0 Å². The number of pyridine rings is 1. The number of nitriles is 1. The molecular formula is C16H17N3. The second kappa shape index (κ2) is 6.12. The van der Waals surface area contributed by atoms with Crippen molar-refractivity contribution < 1.29 is 0 Å². The summed E-state index contributed by atoms with van der Waals surface area (Å²) in [5.41, 5.74) is 4.09. The van der Waals surface area contributed by atoms with Gasteiger partial charge in [0.05, 0.1) is 0 Å². The van der Waals surface area contributed by atoms with Gasteiger partial charge in [-0.2, -0.15) is 5.26 Å². The highest BCUT2D eigenvalue weighted by atomic mass is 15.1. The number of hydrogen-bond donors (Lipinski definition) is 0. The van der Waals surface area contributed by atoms with Crippen LogP contribution in [-0.2, 0) is 13.1 Å². The molecule has 3 heteroatoms. The molecule has 2 rings (SSSR count). The molecule has 0 aliphatic heterocycles. The zero-order valence-electron chi connectivity index (χ0n) is 11.3. The molecule has 1 aromatic heterocycles. The first-order valence-corrected chi connectivity index (χ1v) is 6.27. The lowest BCUT2D eigenvalue weighted by atomic mass is 10.1. The Balaban J connectivity index is 2.08. The van der Waals surface area contributed by atoms with E-state index in [1.54, 1.807) is 6.20 Å². The summed E-state index contributed by atoms with van der Waals surface area (Å²) in [6, 6.07) is 14.3. The van der Waals surface area contributed by atoms with Gasteiger partial charge in [0, 0.05) is 24.8 Å². The summed E-state index contributed by atoms with van der Waals surface area (Å²) in [4.78, 5) is 6.28. The van der Waals surface area contributed by atoms with E-state index in [4.69, 9.17) is 5.26 Å². The molecule has 0 aliphatic rings. The standard InChI is InChI=1S/C16H17N3/c1-13-6-3-4-7-14(13)11-19(2)12-15-8-5-9-18-16(15)10-17/h3-9H,11-12H2,1-2H3. The fourth-order valence-corrected chi connectivity index (χ4v) is 2.09. The predicted octanol–water partition coefficient (Wildman–Crippen LogP) is 2.89. The molecule has 0 unspecified atom stereocenters. The third-order valence-corrected chi connectivity index (χ3v) is 3.14. The Labute approximate surface area is 114 Å². The van der Waals surface area contributed by atoms with Crippen LogP contribution in [0.4, 0.5) is 0 Å². The smallest absolute Gasteiger partial charge is 0.144 e. The van der Waals surface area contributed by atoms with Crippen LogP contribution in [0.3, 0.4) is 0 Å². The van der Waals surface area contributed by atoms with Crippen molar-refractivity contribution in [2.45, 2.75) is 20.0 Å². The third-order valence-electron chi connectivity index (χ3n) is 3.14. The molecule has 0 spiro atoms. The largest absolute Gasteiger partial charge is 0.298 e. The minimum Gasteiger partial charge on any atom is -0.298 e. The van der Waals surface area contributed by atoms with E-state index in [9.17, 15) is 0 Å². The molecule has 0 amide bonds. The molecule has 1 aromatic carbocycles. The van der Waals surface area contributed by atoms with Crippen LogP contribution in [0.2, 0.25) is 0 Å². The first kappa shape index (κ1) is 13.3. The summed E-state index contributed by atoms with van der Waals surface area (Å²) in [6.07, 6.45) is 1.66. The van der Waals surface area contributed by atoms with E-state index in [0.717, 1.165) is 18.7 Å². The van der Waals surface area contributed by atoms with Crippen molar-refractivity contribution >= 4 is 0 Å². The fourth-order valence-electron chi connectivity index (χ4n) is 2.09. The highest BCUT2D eigenvalue weighted by molar-refractivity contribution is 5.30. The van der Waals surface area contributed by atoms with Crippen molar-refractivity contribution in [1.29, 1.82) is 5.26 Å². The second-order valence-corrected chi connectivity index (χ2v) is 4.72. The molecule has 0 aliphatic carbocycles. The summed E-state index contributed by atoms with van der Waals surface area (Å²) in [5, 5.41) is 9.03. The van der Waals surface area contributed by atoms with Crippen LogP contribution in [-0.4, -0.2) is 16.9 Å². The Morgan fingerprint density at radius 3 is 2.53 bits per heavy atom. The molecule has 0 saturated heterocycles. The van der Waals surface area contributed by atoms with E-state index in [-0.39, 0.29) is 0 Å². The van der Waals surface area contributed by atoms with Gasteiger partial charge in [-0.25, -0.2) is 4.98 Å². The fraction of sp³-hybridized carbons (Fsp3) is 0.250. The number of rotatable bonds is 4. The zero-order valence-corrected chi connectivity index (χ0v) is 11.3. The van der Waals surface area contributed by atoms with E-state index in [2.05, 4.69) is 48.1 Å². The van der Waals surface area contributed by atoms with Crippen molar-refractivity contribution in [3.63, 3.8) is 0 Å². The average Bonchev–Trinajstić information content (AvgIpc) is 2.42. The summed E-state index contributed by atoms with van der Waals surface area (Å²) in [7, 11) is 2.06. The maximum absolute atomic E-state index is 9.03. The molecule has 0 saturated carbocycles. The van der Waals surface area contributed by atoms with Crippen molar-refractivity contribution in [3.05, 3.63) is 65.0 Å². The van der Waals surface area contributed by atoms with Crippen molar-refractivity contribution in [1.82, 2.24) is 9.88 Å². The van der Waals surface area contributed by atoms with Crippen LogP contribution in [0.15, 0.2) is 42.6 Å².